The summed E-state index contributed by atoms with van der Waals surface area (Å²) in [5, 5.41) is 0.378. The first-order chi connectivity index (χ1) is 11.1. The van der Waals surface area contributed by atoms with Crippen LogP contribution in [-0.2, 0) is 17.7 Å². The van der Waals surface area contributed by atoms with Gasteiger partial charge >= 0.3 is 5.16 Å². The second-order valence-corrected chi connectivity index (χ2v) is 6.74. The molecule has 0 aliphatic carbocycles. The van der Waals surface area contributed by atoms with Gasteiger partial charge in [-0.3, -0.25) is 0 Å². The zero-order valence-corrected chi connectivity index (χ0v) is 13.9. The van der Waals surface area contributed by atoms with E-state index in [0.29, 0.717) is 23.3 Å². The number of nitrogens with zero attached hydrogens (tertiary/aromatic N) is 5. The summed E-state index contributed by atoms with van der Waals surface area (Å²) in [5.74, 6) is 0.950. The first-order valence-electron chi connectivity index (χ1n) is 7.31. The lowest BCUT2D eigenvalue weighted by atomic mass is 10.2. The Bertz CT molecular complexity index is 820. The fraction of sp³-hybridized carbons (Fsp3) is 0.333. The van der Waals surface area contributed by atoms with Crippen LogP contribution in [0.5, 0.6) is 0 Å². The summed E-state index contributed by atoms with van der Waals surface area (Å²) in [6.45, 7) is 4.65. The van der Waals surface area contributed by atoms with Gasteiger partial charge in [0.15, 0.2) is 5.82 Å². The topological polar surface area (TPSA) is 106 Å². The molecule has 0 saturated carbocycles. The molecular weight excluding hydrogens is 312 g/mol. The molecule has 1 atom stereocenters. The van der Waals surface area contributed by atoms with Gasteiger partial charge in [0.2, 0.25) is 0 Å². The van der Waals surface area contributed by atoms with Gasteiger partial charge in [0, 0.05) is 42.2 Å². The van der Waals surface area contributed by atoms with Gasteiger partial charge in [0.05, 0.1) is 11.8 Å². The van der Waals surface area contributed by atoms with Crippen LogP contribution in [0.3, 0.4) is 0 Å². The molecule has 7 nitrogen and oxygen atoms in total. The van der Waals surface area contributed by atoms with Crippen molar-refractivity contribution < 1.29 is 4.55 Å². The molecule has 0 aliphatic heterocycles. The number of rotatable bonds is 5. The first kappa shape index (κ1) is 15.7. The van der Waals surface area contributed by atoms with E-state index < -0.39 is 11.2 Å². The minimum Gasteiger partial charge on any atom is -0.609 e. The summed E-state index contributed by atoms with van der Waals surface area (Å²) in [7, 11) is 0. The number of nitrogen functional groups attached to an aromatic ring is 1. The average Bonchev–Trinajstić information content (AvgIpc) is 2.98. The first-order valence-corrected chi connectivity index (χ1v) is 8.62. The number of anilines is 1. The summed E-state index contributed by atoms with van der Waals surface area (Å²) >= 11 is -1.19. The van der Waals surface area contributed by atoms with Crippen molar-refractivity contribution in [3.8, 4) is 0 Å². The van der Waals surface area contributed by atoms with Gasteiger partial charge in [-0.1, -0.05) is 0 Å². The number of aryl methyl sites for hydroxylation is 3. The molecule has 2 N–H and O–H groups in total. The van der Waals surface area contributed by atoms with Crippen molar-refractivity contribution in [1.82, 2.24) is 24.5 Å². The summed E-state index contributed by atoms with van der Waals surface area (Å²) in [5.41, 5.74) is 9.63. The molecule has 3 rings (SSSR count). The number of nitrogens with two attached hydrogens (primary N) is 1. The Morgan fingerprint density at radius 1 is 1.22 bits per heavy atom. The number of fused-ring (bicyclic) bond motifs is 1. The third-order valence-corrected chi connectivity index (χ3v) is 5.02. The van der Waals surface area contributed by atoms with E-state index in [1.165, 1.54) is 0 Å². The van der Waals surface area contributed by atoms with Gasteiger partial charge in [-0.25, -0.2) is 9.97 Å². The van der Waals surface area contributed by atoms with Gasteiger partial charge in [-0.2, -0.15) is 9.97 Å². The van der Waals surface area contributed by atoms with Crippen LogP contribution in [0.15, 0.2) is 29.9 Å². The highest BCUT2D eigenvalue weighted by atomic mass is 32.2. The third kappa shape index (κ3) is 3.13. The summed E-state index contributed by atoms with van der Waals surface area (Å²) < 4.78 is 14.2. The van der Waals surface area contributed by atoms with Crippen molar-refractivity contribution >= 4 is 28.0 Å². The van der Waals surface area contributed by atoms with Gasteiger partial charge in [0.25, 0.3) is 0 Å². The minimum atomic E-state index is -1.19. The Balaban J connectivity index is 1.73. The van der Waals surface area contributed by atoms with E-state index in [1.807, 2.05) is 18.4 Å². The van der Waals surface area contributed by atoms with Crippen LogP contribution in [-0.4, -0.2) is 34.8 Å². The Hall–Kier alpha value is -2.19. The molecule has 0 aromatic carbocycles. The smallest absolute Gasteiger partial charge is 0.342 e. The monoisotopic (exact) mass is 330 g/mol. The van der Waals surface area contributed by atoms with Crippen LogP contribution in [0, 0.1) is 13.8 Å². The predicted molar refractivity (Wildman–Crippen MR) is 89.3 cm³/mol. The number of hydrogen-bond acceptors (Lipinski definition) is 6. The van der Waals surface area contributed by atoms with Crippen molar-refractivity contribution in [2.24, 2.45) is 0 Å². The van der Waals surface area contributed by atoms with E-state index in [2.05, 4.69) is 19.9 Å². The molecule has 3 aromatic heterocycles. The summed E-state index contributed by atoms with van der Waals surface area (Å²) in [6, 6.07) is 1.71. The van der Waals surface area contributed by atoms with Crippen LogP contribution in [0.2, 0.25) is 0 Å². The van der Waals surface area contributed by atoms with Gasteiger partial charge in [-0.05, 0) is 25.5 Å². The quantitative estimate of drug-likeness (QED) is 0.563. The lowest BCUT2D eigenvalue weighted by molar-refractivity contribution is 0.578. The molecule has 23 heavy (non-hydrogen) atoms. The Labute approximate surface area is 137 Å². The van der Waals surface area contributed by atoms with E-state index in [4.69, 9.17) is 5.73 Å². The molecule has 120 valence electrons. The normalized spacial score (nSPS) is 12.7. The van der Waals surface area contributed by atoms with Gasteiger partial charge in [-0.15, -0.1) is 0 Å². The molecule has 0 bridgehead atoms. The Morgan fingerprint density at radius 3 is 2.70 bits per heavy atom. The molecular formula is C15H18N6OS. The highest BCUT2D eigenvalue weighted by Crippen LogP contribution is 2.24. The molecule has 0 aliphatic rings. The van der Waals surface area contributed by atoms with Crippen LogP contribution >= 0.6 is 0 Å². The highest BCUT2D eigenvalue weighted by molar-refractivity contribution is 7.91. The molecule has 0 radical (unpaired) electrons. The van der Waals surface area contributed by atoms with Crippen LogP contribution < -0.4 is 5.73 Å². The maximum Gasteiger partial charge on any atom is 0.342 e. The zero-order chi connectivity index (χ0) is 16.4. The van der Waals surface area contributed by atoms with E-state index in [0.717, 1.165) is 28.7 Å². The summed E-state index contributed by atoms with van der Waals surface area (Å²) in [6.07, 6.45) is 5.70. The molecule has 1 unspecified atom stereocenters. The fourth-order valence-corrected chi connectivity index (χ4v) is 3.41. The molecule has 3 aromatic rings. The molecule has 8 heteroatoms. The maximum absolute atomic E-state index is 12.1. The van der Waals surface area contributed by atoms with Crippen molar-refractivity contribution in [2.45, 2.75) is 32.0 Å². The van der Waals surface area contributed by atoms with Crippen LogP contribution in [0.1, 0.15) is 17.7 Å². The SMILES string of the molecule is Cc1nc(N)c2ncn(CCC[S+]([O-])c3ncccn3)c2c1C. The van der Waals surface area contributed by atoms with Crippen molar-refractivity contribution in [2.75, 3.05) is 11.5 Å². The third-order valence-electron chi connectivity index (χ3n) is 3.74. The minimum absolute atomic E-state index is 0.378. The van der Waals surface area contributed by atoms with Gasteiger partial charge < -0.3 is 14.9 Å². The highest BCUT2D eigenvalue weighted by Gasteiger charge is 2.15. The lowest BCUT2D eigenvalue weighted by Crippen LogP contribution is -2.12. The molecule has 0 saturated heterocycles. The number of aromatic nitrogens is 5. The van der Waals surface area contributed by atoms with Gasteiger partial charge in [0.1, 0.15) is 11.3 Å². The molecule has 3 heterocycles. The predicted octanol–water partition coefficient (Wildman–Crippen LogP) is 1.62. The van der Waals surface area contributed by atoms with E-state index in [9.17, 15) is 4.55 Å². The molecule has 0 spiro atoms. The maximum atomic E-state index is 12.1. The fourth-order valence-electron chi connectivity index (χ4n) is 2.48. The second-order valence-electron chi connectivity index (χ2n) is 5.28. The number of imidazole rings is 1. The number of hydrogen-bond donors (Lipinski definition) is 1. The van der Waals surface area contributed by atoms with Crippen molar-refractivity contribution in [1.29, 1.82) is 0 Å². The Kier molecular flexibility index (Phi) is 4.44. The number of pyridine rings is 1. The second kappa shape index (κ2) is 6.51. The van der Waals surface area contributed by atoms with E-state index in [1.54, 1.807) is 24.8 Å². The van der Waals surface area contributed by atoms with Crippen LogP contribution in [0.25, 0.3) is 11.0 Å². The standard InChI is InChI=1S/C15H18N6OS/c1-10-11(2)20-14(16)12-13(10)21(9-19-12)7-4-8-23(22)15-17-5-3-6-18-15/h3,5-6,9H,4,7-8H2,1-2H3,(H2,16,20). The van der Waals surface area contributed by atoms with Crippen LogP contribution in [0.4, 0.5) is 5.82 Å². The van der Waals surface area contributed by atoms with E-state index >= 15 is 0 Å². The zero-order valence-electron chi connectivity index (χ0n) is 13.1. The lowest BCUT2D eigenvalue weighted by Gasteiger charge is -2.10. The van der Waals surface area contributed by atoms with Crippen molar-refractivity contribution in [3.05, 3.63) is 36.0 Å². The largest absolute Gasteiger partial charge is 0.609 e. The molecule has 0 amide bonds. The summed E-state index contributed by atoms with van der Waals surface area (Å²) in [4.78, 5) is 16.7. The van der Waals surface area contributed by atoms with E-state index in [-0.39, 0.29) is 0 Å². The Morgan fingerprint density at radius 2 is 1.96 bits per heavy atom. The van der Waals surface area contributed by atoms with Crippen molar-refractivity contribution in [3.63, 3.8) is 0 Å². The molecule has 0 fully saturated rings. The average molecular weight is 330 g/mol.